The summed E-state index contributed by atoms with van der Waals surface area (Å²) in [6.07, 6.45) is -4.11. The molecule has 0 bridgehead atoms. The summed E-state index contributed by atoms with van der Waals surface area (Å²) in [6, 6.07) is 9.35. The summed E-state index contributed by atoms with van der Waals surface area (Å²) in [5, 5.41) is 8.58. The topological polar surface area (TPSA) is 145 Å². The molecule has 0 saturated carbocycles. The van der Waals surface area contributed by atoms with Crippen molar-refractivity contribution in [1.82, 2.24) is 15.0 Å². The van der Waals surface area contributed by atoms with E-state index in [1.165, 1.54) is 4.68 Å². The highest BCUT2D eigenvalue weighted by Crippen LogP contribution is 2.36. The fourth-order valence-electron chi connectivity index (χ4n) is 4.95. The molecule has 2 aromatic rings. The summed E-state index contributed by atoms with van der Waals surface area (Å²) < 4.78 is 31.3. The fraction of sp³-hybridized carbons (Fsp3) is 0.647. The van der Waals surface area contributed by atoms with Crippen LogP contribution in [0, 0.1) is 23.7 Å². The maximum Gasteiger partial charge on any atom is 0.306 e. The molecular weight excluding hydrogens is 594 g/mol. The second kappa shape index (κ2) is 17.2. The first kappa shape index (κ1) is 36.7. The van der Waals surface area contributed by atoms with E-state index in [1.807, 2.05) is 85.7 Å². The Morgan fingerprint density at radius 1 is 0.696 bits per heavy atom. The van der Waals surface area contributed by atoms with Gasteiger partial charge in [0.25, 0.3) is 0 Å². The van der Waals surface area contributed by atoms with Crippen LogP contribution in [0.3, 0.4) is 0 Å². The van der Waals surface area contributed by atoms with Crippen molar-refractivity contribution in [3.05, 3.63) is 36.5 Å². The predicted octanol–water partition coefficient (Wildman–Crippen LogP) is 5.31. The maximum atomic E-state index is 13.2. The van der Waals surface area contributed by atoms with Crippen molar-refractivity contribution in [3.8, 4) is 11.3 Å². The highest BCUT2D eigenvalue weighted by Gasteiger charge is 2.54. The first-order valence-corrected chi connectivity index (χ1v) is 16.1. The Morgan fingerprint density at radius 2 is 1.17 bits per heavy atom. The van der Waals surface area contributed by atoms with Gasteiger partial charge in [-0.3, -0.25) is 19.2 Å². The number of benzene rings is 1. The van der Waals surface area contributed by atoms with Crippen molar-refractivity contribution in [2.45, 2.75) is 112 Å². The van der Waals surface area contributed by atoms with Gasteiger partial charge in [0.15, 0.2) is 24.5 Å². The quantitative estimate of drug-likeness (QED) is 0.184. The van der Waals surface area contributed by atoms with Crippen LogP contribution < -0.4 is 0 Å². The van der Waals surface area contributed by atoms with Gasteiger partial charge >= 0.3 is 23.9 Å². The Morgan fingerprint density at radius 3 is 1.70 bits per heavy atom. The van der Waals surface area contributed by atoms with Crippen molar-refractivity contribution in [2.75, 3.05) is 6.61 Å². The molecule has 0 spiro atoms. The van der Waals surface area contributed by atoms with Crippen LogP contribution in [0.25, 0.3) is 11.3 Å². The zero-order valence-corrected chi connectivity index (χ0v) is 28.2. The van der Waals surface area contributed by atoms with Gasteiger partial charge in [-0.1, -0.05) is 90.9 Å². The Hall–Kier alpha value is -3.80. The minimum atomic E-state index is -1.31. The third-order valence-corrected chi connectivity index (χ3v) is 6.96. The zero-order valence-electron chi connectivity index (χ0n) is 28.2. The van der Waals surface area contributed by atoms with E-state index >= 15 is 0 Å². The van der Waals surface area contributed by atoms with Gasteiger partial charge in [-0.25, -0.2) is 4.68 Å². The highest BCUT2D eigenvalue weighted by molar-refractivity contribution is 5.72. The first-order valence-electron chi connectivity index (χ1n) is 16.1. The lowest BCUT2D eigenvalue weighted by molar-refractivity contribution is -0.272. The van der Waals surface area contributed by atoms with Crippen LogP contribution in [0.15, 0.2) is 36.5 Å². The highest BCUT2D eigenvalue weighted by atomic mass is 16.7. The summed E-state index contributed by atoms with van der Waals surface area (Å²) in [6.45, 7) is 14.7. The van der Waals surface area contributed by atoms with Gasteiger partial charge in [-0.15, -0.1) is 5.10 Å². The molecule has 3 rings (SSSR count). The van der Waals surface area contributed by atoms with Crippen molar-refractivity contribution < 1.29 is 42.9 Å². The van der Waals surface area contributed by atoms with E-state index in [1.54, 1.807) is 6.20 Å². The largest absolute Gasteiger partial charge is 0.463 e. The Kier molecular flexibility index (Phi) is 13.7. The van der Waals surface area contributed by atoms with E-state index in [2.05, 4.69) is 10.3 Å². The Labute approximate surface area is 271 Å². The smallest absolute Gasteiger partial charge is 0.306 e. The standard InChI is InChI=1S/C34H49N3O9/c1-20(2)14-27(38)42-19-26-31(44-28(39)15-21(3)4)32(45-29(40)16-22(5)6)33(46-30(41)17-23(7)8)34(43-26)37-18-25(35-36-37)24-12-10-9-11-13-24/h9-13,18,20-23,26,31-34H,14-17,19H2,1-8H3/t26-,31+,32+,33-,34-/m1/s1. The molecule has 254 valence electrons. The molecule has 0 radical (unpaired) electrons. The molecule has 1 aromatic heterocycles. The fourth-order valence-corrected chi connectivity index (χ4v) is 4.95. The minimum absolute atomic E-state index is 0.0266. The van der Waals surface area contributed by atoms with Gasteiger partial charge < -0.3 is 23.7 Å². The van der Waals surface area contributed by atoms with Crippen molar-refractivity contribution in [1.29, 1.82) is 0 Å². The van der Waals surface area contributed by atoms with Crippen LogP contribution in [-0.4, -0.2) is 69.9 Å². The molecule has 1 fully saturated rings. The Bertz CT molecular complexity index is 1290. The SMILES string of the molecule is CC(C)CC(=O)OC[C@H]1O[C@@H](n2cc(-c3ccccc3)nn2)[C@H](OC(=O)CC(C)C)[C@@H](OC(=O)CC(C)C)[C@H]1OC(=O)CC(C)C. The van der Waals surface area contributed by atoms with Crippen LogP contribution in [0.5, 0.6) is 0 Å². The van der Waals surface area contributed by atoms with E-state index in [0.29, 0.717) is 5.69 Å². The lowest BCUT2D eigenvalue weighted by Gasteiger charge is -2.44. The van der Waals surface area contributed by atoms with Gasteiger partial charge in [0.05, 0.1) is 6.20 Å². The number of ether oxygens (including phenoxy) is 5. The number of carbonyl (C=O) groups is 4. The third-order valence-electron chi connectivity index (χ3n) is 6.96. The average molecular weight is 644 g/mol. The second-order valence-electron chi connectivity index (χ2n) is 13.5. The van der Waals surface area contributed by atoms with Gasteiger partial charge in [0.2, 0.25) is 0 Å². The molecule has 2 heterocycles. The maximum absolute atomic E-state index is 13.2. The van der Waals surface area contributed by atoms with E-state index in [-0.39, 0.29) is 56.0 Å². The lowest BCUT2D eigenvalue weighted by atomic mass is 9.96. The molecule has 0 aliphatic carbocycles. The molecule has 1 aromatic carbocycles. The van der Waals surface area contributed by atoms with Crippen molar-refractivity contribution in [3.63, 3.8) is 0 Å². The lowest BCUT2D eigenvalue weighted by Crippen LogP contribution is -2.61. The molecule has 12 heteroatoms. The molecule has 1 saturated heterocycles. The summed E-state index contributed by atoms with van der Waals surface area (Å²) in [7, 11) is 0. The van der Waals surface area contributed by atoms with Crippen LogP contribution in [0.4, 0.5) is 0 Å². The van der Waals surface area contributed by atoms with Crippen molar-refractivity contribution >= 4 is 23.9 Å². The van der Waals surface area contributed by atoms with Gasteiger partial charge in [0, 0.05) is 31.2 Å². The van der Waals surface area contributed by atoms with E-state index < -0.39 is 54.5 Å². The Balaban J connectivity index is 2.11. The number of hydrogen-bond donors (Lipinski definition) is 0. The summed E-state index contributed by atoms with van der Waals surface area (Å²) >= 11 is 0. The normalized spacial score (nSPS) is 21.4. The molecule has 0 amide bonds. The van der Waals surface area contributed by atoms with Gasteiger partial charge in [-0.05, 0) is 23.7 Å². The minimum Gasteiger partial charge on any atom is -0.463 e. The monoisotopic (exact) mass is 643 g/mol. The molecule has 1 aliphatic heterocycles. The molecule has 46 heavy (non-hydrogen) atoms. The van der Waals surface area contributed by atoms with Crippen molar-refractivity contribution in [2.24, 2.45) is 23.7 Å². The number of rotatable bonds is 15. The number of nitrogens with zero attached hydrogens (tertiary/aromatic N) is 3. The van der Waals surface area contributed by atoms with E-state index in [9.17, 15) is 19.2 Å². The van der Waals surface area contributed by atoms with Gasteiger partial charge in [0.1, 0.15) is 18.4 Å². The molecule has 1 aliphatic rings. The predicted molar refractivity (Wildman–Crippen MR) is 168 cm³/mol. The van der Waals surface area contributed by atoms with Crippen LogP contribution in [0.2, 0.25) is 0 Å². The molecular formula is C34H49N3O9. The molecule has 0 unspecified atom stereocenters. The average Bonchev–Trinajstić information content (AvgIpc) is 3.43. The van der Waals surface area contributed by atoms with Crippen LogP contribution in [0.1, 0.15) is 87.3 Å². The third kappa shape index (κ3) is 11.2. The second-order valence-corrected chi connectivity index (χ2v) is 13.5. The van der Waals surface area contributed by atoms with E-state index in [0.717, 1.165) is 5.56 Å². The number of aromatic nitrogens is 3. The summed E-state index contributed by atoms with van der Waals surface area (Å²) in [5.41, 5.74) is 1.31. The van der Waals surface area contributed by atoms with Crippen LogP contribution >= 0.6 is 0 Å². The number of hydrogen-bond acceptors (Lipinski definition) is 11. The van der Waals surface area contributed by atoms with E-state index in [4.69, 9.17) is 23.7 Å². The summed E-state index contributed by atoms with van der Waals surface area (Å²) in [4.78, 5) is 52.1. The summed E-state index contributed by atoms with van der Waals surface area (Å²) in [5.74, 6) is -2.21. The van der Waals surface area contributed by atoms with Gasteiger partial charge in [-0.2, -0.15) is 0 Å². The zero-order chi connectivity index (χ0) is 34.0. The number of esters is 4. The number of carbonyl (C=O) groups excluding carboxylic acids is 4. The molecule has 0 N–H and O–H groups in total. The molecule has 5 atom stereocenters. The first-order chi connectivity index (χ1) is 21.7. The van der Waals surface area contributed by atoms with Crippen LogP contribution in [-0.2, 0) is 42.9 Å². The molecule has 12 nitrogen and oxygen atoms in total.